The molecule has 0 aromatic heterocycles. The molecule has 0 saturated carbocycles. The number of carbonyl (C=O) groups excluding carboxylic acids is 3. The number of non-ortho nitro benzene ring substituents is 1. The first kappa shape index (κ1) is 23.2. The zero-order chi connectivity index (χ0) is 25.6. The smallest absolute Gasteiger partial charge is 0.342 e. The summed E-state index contributed by atoms with van der Waals surface area (Å²) in [5.74, 6) is -1.28. The molecule has 1 atom stereocenters. The number of nitrogens with zero attached hydrogens (tertiary/aromatic N) is 4. The highest BCUT2D eigenvalue weighted by atomic mass is 16.6. The average Bonchev–Trinajstić information content (AvgIpc) is 2.89. The fourth-order valence-electron chi connectivity index (χ4n) is 5.36. The van der Waals surface area contributed by atoms with Gasteiger partial charge < -0.3 is 4.90 Å². The highest BCUT2D eigenvalue weighted by molar-refractivity contribution is 6.39. The molecule has 9 heteroatoms. The maximum absolute atomic E-state index is 14.3. The molecule has 0 N–H and O–H groups in total. The van der Waals surface area contributed by atoms with Gasteiger partial charge in [0, 0.05) is 36.8 Å². The Labute approximate surface area is 207 Å². The van der Waals surface area contributed by atoms with Crippen molar-refractivity contribution in [1.29, 1.82) is 0 Å². The highest BCUT2D eigenvalue weighted by Crippen LogP contribution is 2.48. The summed E-state index contributed by atoms with van der Waals surface area (Å²) in [6.07, 6.45) is -0.0701. The Kier molecular flexibility index (Phi) is 5.55. The number of fused-ring (bicyclic) bond motifs is 1. The maximum Gasteiger partial charge on any atom is 0.342 e. The van der Waals surface area contributed by atoms with Crippen molar-refractivity contribution in [3.63, 3.8) is 0 Å². The standard InChI is InChI=1S/C27H24N4O5/c1-3-28-18(2)27(17-19-16-22(31(35)36)14-15-23(19)28)24(32)29(20-10-6-4-7-11-20)26(34)30(25(27)33)21-12-8-5-9-13-21/h4-16,18H,3,17H2,1-2H3. The molecule has 4 amide bonds. The first-order valence-corrected chi connectivity index (χ1v) is 11.7. The van der Waals surface area contributed by atoms with Gasteiger partial charge in [0.05, 0.1) is 16.3 Å². The first-order valence-electron chi connectivity index (χ1n) is 11.7. The lowest BCUT2D eigenvalue weighted by molar-refractivity contribution is -0.384. The molecular weight excluding hydrogens is 460 g/mol. The normalized spacial score (nSPS) is 19.0. The molecule has 3 aromatic rings. The molecule has 36 heavy (non-hydrogen) atoms. The fraction of sp³-hybridized carbons (Fsp3) is 0.222. The summed E-state index contributed by atoms with van der Waals surface area (Å²) in [6.45, 7) is 4.15. The molecule has 2 heterocycles. The van der Waals surface area contributed by atoms with E-state index in [9.17, 15) is 24.5 Å². The van der Waals surface area contributed by atoms with E-state index in [1.807, 2.05) is 11.8 Å². The summed E-state index contributed by atoms with van der Waals surface area (Å²) < 4.78 is 0. The molecule has 2 aliphatic heterocycles. The second-order valence-corrected chi connectivity index (χ2v) is 8.92. The quantitative estimate of drug-likeness (QED) is 0.306. The predicted molar refractivity (Wildman–Crippen MR) is 135 cm³/mol. The Hall–Kier alpha value is -4.53. The number of hydrogen-bond donors (Lipinski definition) is 0. The Balaban J connectivity index is 1.75. The van der Waals surface area contributed by atoms with Gasteiger partial charge in [0.1, 0.15) is 0 Å². The van der Waals surface area contributed by atoms with Crippen LogP contribution in [0.25, 0.3) is 0 Å². The lowest BCUT2D eigenvalue weighted by atomic mass is 9.68. The van der Waals surface area contributed by atoms with E-state index < -0.39 is 34.2 Å². The summed E-state index contributed by atoms with van der Waals surface area (Å²) in [5.41, 5.74) is 0.136. The SMILES string of the molecule is CCN1c2ccc([N+](=O)[O-])cc2CC2(C(=O)N(c3ccccc3)C(=O)N(c3ccccc3)C2=O)C1C. The van der Waals surface area contributed by atoms with Gasteiger partial charge in [0.15, 0.2) is 5.41 Å². The zero-order valence-corrected chi connectivity index (χ0v) is 19.8. The topological polar surface area (TPSA) is 104 Å². The Morgan fingerprint density at radius 2 is 1.42 bits per heavy atom. The van der Waals surface area contributed by atoms with Crippen LogP contribution in [0.4, 0.5) is 27.5 Å². The summed E-state index contributed by atoms with van der Waals surface area (Å²) in [6, 6.07) is 20.1. The van der Waals surface area contributed by atoms with Crippen LogP contribution in [0.3, 0.4) is 0 Å². The third-order valence-electron chi connectivity index (χ3n) is 7.15. The van der Waals surface area contributed by atoms with Crippen molar-refractivity contribution < 1.29 is 19.3 Å². The van der Waals surface area contributed by atoms with Crippen molar-refractivity contribution in [1.82, 2.24) is 0 Å². The number of benzene rings is 3. The Morgan fingerprint density at radius 3 is 1.89 bits per heavy atom. The number of nitro groups is 1. The monoisotopic (exact) mass is 484 g/mol. The summed E-state index contributed by atoms with van der Waals surface area (Å²) in [4.78, 5) is 57.4. The van der Waals surface area contributed by atoms with Gasteiger partial charge in [-0.05, 0) is 49.7 Å². The van der Waals surface area contributed by atoms with Crippen LogP contribution in [-0.4, -0.2) is 35.4 Å². The van der Waals surface area contributed by atoms with Crippen LogP contribution in [-0.2, 0) is 16.0 Å². The molecule has 2 aliphatic rings. The minimum absolute atomic E-state index is 0.0701. The lowest BCUT2D eigenvalue weighted by Gasteiger charge is -2.52. The molecular formula is C27H24N4O5. The number of imide groups is 2. The van der Waals surface area contributed by atoms with Gasteiger partial charge in [0.25, 0.3) is 17.5 Å². The second kappa shape index (κ2) is 8.60. The molecule has 0 aliphatic carbocycles. The van der Waals surface area contributed by atoms with Gasteiger partial charge in [0.2, 0.25) is 0 Å². The predicted octanol–water partition coefficient (Wildman–Crippen LogP) is 4.55. The maximum atomic E-state index is 14.3. The van der Waals surface area contributed by atoms with Crippen molar-refractivity contribution in [2.24, 2.45) is 5.41 Å². The number of rotatable bonds is 4. The zero-order valence-electron chi connectivity index (χ0n) is 19.8. The van der Waals surface area contributed by atoms with Crippen LogP contribution in [0.5, 0.6) is 0 Å². The van der Waals surface area contributed by atoms with E-state index in [1.54, 1.807) is 73.7 Å². The molecule has 1 saturated heterocycles. The Bertz CT molecular complexity index is 1310. The van der Waals surface area contributed by atoms with Gasteiger partial charge >= 0.3 is 6.03 Å². The fourth-order valence-corrected chi connectivity index (χ4v) is 5.36. The Morgan fingerprint density at radius 1 is 0.889 bits per heavy atom. The number of nitro benzene ring substituents is 1. The number of para-hydroxylation sites is 2. The van der Waals surface area contributed by atoms with Crippen molar-refractivity contribution in [2.45, 2.75) is 26.3 Å². The van der Waals surface area contributed by atoms with E-state index in [-0.39, 0.29) is 12.1 Å². The molecule has 1 spiro atoms. The summed E-state index contributed by atoms with van der Waals surface area (Å²) in [7, 11) is 0. The van der Waals surface area contributed by atoms with Gasteiger partial charge in [-0.25, -0.2) is 14.6 Å². The van der Waals surface area contributed by atoms with Gasteiger partial charge in [-0.1, -0.05) is 36.4 Å². The number of urea groups is 1. The molecule has 5 rings (SSSR count). The van der Waals surface area contributed by atoms with E-state index >= 15 is 0 Å². The average molecular weight is 485 g/mol. The molecule has 9 nitrogen and oxygen atoms in total. The minimum atomic E-state index is -1.68. The van der Waals surface area contributed by atoms with E-state index in [4.69, 9.17) is 0 Å². The van der Waals surface area contributed by atoms with Crippen LogP contribution in [0.15, 0.2) is 78.9 Å². The number of hydrogen-bond acceptors (Lipinski definition) is 6. The van der Waals surface area contributed by atoms with E-state index in [0.717, 1.165) is 15.5 Å². The molecule has 0 bridgehead atoms. The number of amides is 4. The van der Waals surface area contributed by atoms with E-state index in [2.05, 4.69) is 0 Å². The van der Waals surface area contributed by atoms with Crippen molar-refractivity contribution >= 4 is 40.6 Å². The van der Waals surface area contributed by atoms with Crippen molar-refractivity contribution in [3.05, 3.63) is 94.5 Å². The van der Waals surface area contributed by atoms with Crippen molar-refractivity contribution in [2.75, 3.05) is 21.2 Å². The van der Waals surface area contributed by atoms with Crippen molar-refractivity contribution in [3.8, 4) is 0 Å². The van der Waals surface area contributed by atoms with Gasteiger partial charge in [-0.2, -0.15) is 0 Å². The van der Waals surface area contributed by atoms with Crippen LogP contribution in [0.1, 0.15) is 19.4 Å². The number of barbiturate groups is 1. The highest BCUT2D eigenvalue weighted by Gasteiger charge is 2.63. The summed E-state index contributed by atoms with van der Waals surface area (Å²) >= 11 is 0. The van der Waals surface area contributed by atoms with Gasteiger partial charge in [-0.15, -0.1) is 0 Å². The molecule has 3 aromatic carbocycles. The lowest BCUT2D eigenvalue weighted by Crippen LogP contribution is -2.72. The van der Waals surface area contributed by atoms with Crippen LogP contribution in [0.2, 0.25) is 0 Å². The largest absolute Gasteiger partial charge is 0.367 e. The third kappa shape index (κ3) is 3.27. The van der Waals surface area contributed by atoms with Crippen LogP contribution in [0, 0.1) is 15.5 Å². The number of anilines is 3. The number of carbonyl (C=O) groups is 3. The molecule has 1 fully saturated rings. The first-order chi connectivity index (χ1) is 17.3. The van der Waals surface area contributed by atoms with Crippen LogP contribution < -0.4 is 14.7 Å². The molecule has 182 valence electrons. The molecule has 0 radical (unpaired) electrons. The second-order valence-electron chi connectivity index (χ2n) is 8.92. The van der Waals surface area contributed by atoms with E-state index in [1.165, 1.54) is 12.1 Å². The van der Waals surface area contributed by atoms with Gasteiger partial charge in [-0.3, -0.25) is 19.7 Å². The minimum Gasteiger partial charge on any atom is -0.367 e. The summed E-state index contributed by atoms with van der Waals surface area (Å²) in [5, 5.41) is 11.5. The molecule has 1 unspecified atom stereocenters. The van der Waals surface area contributed by atoms with E-state index in [0.29, 0.717) is 23.5 Å². The third-order valence-corrected chi connectivity index (χ3v) is 7.15. The van der Waals surface area contributed by atoms with Crippen LogP contribution >= 0.6 is 0 Å².